The number of carbonyl (C=O) groups excluding carboxylic acids is 4. The summed E-state index contributed by atoms with van der Waals surface area (Å²) in [5.41, 5.74) is 2.66. The molecule has 244 valence electrons. The Kier molecular flexibility index (Phi) is 8.26. The molecule has 1 aliphatic heterocycles. The van der Waals surface area contributed by atoms with E-state index in [9.17, 15) is 39.6 Å². The minimum Gasteiger partial charge on any atom is -0.508 e. The van der Waals surface area contributed by atoms with Gasteiger partial charge in [-0.05, 0) is 69.8 Å². The smallest absolute Gasteiger partial charge is 0.255 e. The number of likely N-dealkylation sites (tertiary alicyclic amines) is 1. The van der Waals surface area contributed by atoms with Crippen LogP contribution in [0.5, 0.6) is 5.75 Å². The Labute approximate surface area is 262 Å². The Bertz CT molecular complexity index is 1550. The summed E-state index contributed by atoms with van der Waals surface area (Å²) in [5, 5.41) is 49.0. The molecule has 45 heavy (non-hydrogen) atoms. The zero-order valence-electron chi connectivity index (χ0n) is 26.5. The highest BCUT2D eigenvalue weighted by molar-refractivity contribution is 6.24. The van der Waals surface area contributed by atoms with E-state index in [1.807, 2.05) is 0 Å². The maximum Gasteiger partial charge on any atom is 0.255 e. The van der Waals surface area contributed by atoms with E-state index in [1.165, 1.54) is 4.90 Å². The van der Waals surface area contributed by atoms with Crippen LogP contribution in [0.15, 0.2) is 23.0 Å². The van der Waals surface area contributed by atoms with Gasteiger partial charge < -0.3 is 36.4 Å². The molecule has 0 aromatic heterocycles. The van der Waals surface area contributed by atoms with E-state index < -0.39 is 63.8 Å². The number of aliphatic hydroxyl groups is 3. The van der Waals surface area contributed by atoms with Gasteiger partial charge in [0, 0.05) is 37.8 Å². The third-order valence-electron chi connectivity index (χ3n) is 9.70. The summed E-state index contributed by atoms with van der Waals surface area (Å²) >= 11 is 0. The van der Waals surface area contributed by atoms with Crippen molar-refractivity contribution in [2.75, 3.05) is 51.5 Å². The van der Waals surface area contributed by atoms with Gasteiger partial charge in [-0.25, -0.2) is 0 Å². The molecule has 5 atom stereocenters. The average molecular weight is 626 g/mol. The number of amides is 2. The molecule has 2 amide bonds. The van der Waals surface area contributed by atoms with Gasteiger partial charge in [0.2, 0.25) is 11.7 Å². The molecule has 0 bridgehead atoms. The molecule has 7 N–H and O–H groups in total. The second-order valence-electron chi connectivity index (χ2n) is 13.5. The Hall–Kier alpha value is -3.94. The summed E-state index contributed by atoms with van der Waals surface area (Å²) in [7, 11) is 6.66. The number of rotatable bonds is 7. The Balaban J connectivity index is 1.63. The Morgan fingerprint density at radius 1 is 1.16 bits per heavy atom. The molecule has 1 aromatic rings. The number of phenolic OH excluding ortho intramolecular Hbond substituents is 1. The number of ketones is 2. The van der Waals surface area contributed by atoms with Crippen LogP contribution in [0.1, 0.15) is 44.2 Å². The Morgan fingerprint density at radius 2 is 1.82 bits per heavy atom. The third kappa shape index (κ3) is 4.97. The Morgan fingerprint density at radius 3 is 2.40 bits per heavy atom. The first-order chi connectivity index (χ1) is 21.0. The van der Waals surface area contributed by atoms with Crippen LogP contribution in [-0.4, -0.2) is 113 Å². The van der Waals surface area contributed by atoms with Crippen molar-refractivity contribution in [2.45, 2.75) is 57.2 Å². The number of aromatic hydroxyl groups is 1. The summed E-state index contributed by atoms with van der Waals surface area (Å²) in [6.07, 6.45) is 1.67. The molecular formula is C32H43N5O8. The fourth-order valence-corrected chi connectivity index (χ4v) is 7.81. The topological polar surface area (TPSA) is 197 Å². The normalized spacial score (nSPS) is 28.4. The second kappa shape index (κ2) is 11.5. The number of hydrogen-bond acceptors (Lipinski definition) is 11. The largest absolute Gasteiger partial charge is 0.508 e. The SMILES string of the molecule is CC(C)CN1CCC[C@H]1C(=O)Nc1cc(N(C)C)c2c(c1O)C(O)=C1C(=O)[C@]3(O)C(O)=C(C(N)=O)C(=O)[C@@H](N(C)C)[C@@H]3C[C@@H]1C2. The van der Waals surface area contributed by atoms with Gasteiger partial charge in [-0.3, -0.25) is 29.0 Å². The number of nitrogens with one attached hydrogen (secondary N) is 1. The van der Waals surface area contributed by atoms with Gasteiger partial charge in [0.1, 0.15) is 22.8 Å². The van der Waals surface area contributed by atoms with E-state index in [0.717, 1.165) is 19.5 Å². The highest BCUT2D eigenvalue weighted by Crippen LogP contribution is 2.54. The maximum absolute atomic E-state index is 14.2. The molecule has 0 radical (unpaired) electrons. The van der Waals surface area contributed by atoms with E-state index in [2.05, 4.69) is 24.1 Å². The molecule has 0 spiro atoms. The van der Waals surface area contributed by atoms with Crippen LogP contribution >= 0.6 is 0 Å². The first-order valence-electron chi connectivity index (χ1n) is 15.3. The fraction of sp³-hybridized carbons (Fsp3) is 0.562. The van der Waals surface area contributed by atoms with Crippen molar-refractivity contribution >= 4 is 40.5 Å². The summed E-state index contributed by atoms with van der Waals surface area (Å²) in [5.74, 6) is -7.16. The van der Waals surface area contributed by atoms with Crippen LogP contribution in [0, 0.1) is 17.8 Å². The molecule has 13 nitrogen and oxygen atoms in total. The molecule has 1 saturated carbocycles. The molecule has 1 saturated heterocycles. The van der Waals surface area contributed by atoms with Crippen molar-refractivity contribution in [1.29, 1.82) is 0 Å². The minimum atomic E-state index is -2.72. The molecule has 4 aliphatic rings. The van der Waals surface area contributed by atoms with Crippen LogP contribution in [0.3, 0.4) is 0 Å². The lowest BCUT2D eigenvalue weighted by atomic mass is 9.57. The number of Topliss-reactive ketones (excluding diaryl/α,β-unsaturated/α-hetero) is 2. The number of aliphatic hydroxyl groups excluding tert-OH is 2. The van der Waals surface area contributed by atoms with Crippen LogP contribution in [-0.2, 0) is 25.6 Å². The molecule has 2 fully saturated rings. The molecule has 5 rings (SSSR count). The van der Waals surface area contributed by atoms with Crippen molar-refractivity contribution in [3.8, 4) is 5.75 Å². The molecule has 1 aromatic carbocycles. The number of nitrogens with zero attached hydrogens (tertiary/aromatic N) is 3. The van der Waals surface area contributed by atoms with E-state index >= 15 is 0 Å². The van der Waals surface area contributed by atoms with Crippen LogP contribution in [0.2, 0.25) is 0 Å². The van der Waals surface area contributed by atoms with Gasteiger partial charge in [0.05, 0.1) is 23.3 Å². The quantitative estimate of drug-likeness (QED) is 0.187. The van der Waals surface area contributed by atoms with Crippen molar-refractivity contribution in [3.63, 3.8) is 0 Å². The van der Waals surface area contributed by atoms with Gasteiger partial charge in [-0.15, -0.1) is 0 Å². The summed E-state index contributed by atoms with van der Waals surface area (Å²) in [4.78, 5) is 58.5. The molecule has 0 unspecified atom stereocenters. The molecular weight excluding hydrogens is 582 g/mol. The van der Waals surface area contributed by atoms with Crippen molar-refractivity contribution in [3.05, 3.63) is 34.1 Å². The monoisotopic (exact) mass is 625 g/mol. The minimum absolute atomic E-state index is 0.00868. The van der Waals surface area contributed by atoms with Crippen LogP contribution in [0.25, 0.3) is 5.76 Å². The predicted molar refractivity (Wildman–Crippen MR) is 167 cm³/mol. The maximum atomic E-state index is 14.2. The number of benzene rings is 1. The number of fused-ring (bicyclic) bond motifs is 3. The lowest BCUT2D eigenvalue weighted by molar-refractivity contribution is -0.153. The van der Waals surface area contributed by atoms with E-state index in [0.29, 0.717) is 23.6 Å². The molecule has 1 heterocycles. The lowest BCUT2D eigenvalue weighted by Crippen LogP contribution is -2.65. The number of primary amides is 1. The van der Waals surface area contributed by atoms with Crippen molar-refractivity contribution in [1.82, 2.24) is 9.80 Å². The number of likely N-dealkylation sites (N-methyl/N-ethyl adjacent to an activating group) is 1. The number of phenols is 1. The lowest BCUT2D eigenvalue weighted by Gasteiger charge is -2.50. The predicted octanol–water partition coefficient (Wildman–Crippen LogP) is 1.09. The average Bonchev–Trinajstić information content (AvgIpc) is 3.39. The van der Waals surface area contributed by atoms with Crippen molar-refractivity contribution in [2.24, 2.45) is 23.5 Å². The van der Waals surface area contributed by atoms with Gasteiger partial charge >= 0.3 is 0 Å². The highest BCUT2D eigenvalue weighted by atomic mass is 16.3. The van der Waals surface area contributed by atoms with Gasteiger partial charge in [0.15, 0.2) is 11.4 Å². The number of hydrogen-bond donors (Lipinski definition) is 6. The third-order valence-corrected chi connectivity index (χ3v) is 9.70. The zero-order valence-corrected chi connectivity index (χ0v) is 26.5. The first-order valence-corrected chi connectivity index (χ1v) is 15.3. The number of carbonyl (C=O) groups is 4. The summed E-state index contributed by atoms with van der Waals surface area (Å²) < 4.78 is 0. The summed E-state index contributed by atoms with van der Waals surface area (Å²) in [6.45, 7) is 5.69. The van der Waals surface area contributed by atoms with Gasteiger partial charge in [0.25, 0.3) is 5.91 Å². The number of nitrogens with two attached hydrogens (primary N) is 1. The van der Waals surface area contributed by atoms with Gasteiger partial charge in [-0.1, -0.05) is 13.8 Å². The van der Waals surface area contributed by atoms with Crippen LogP contribution in [0.4, 0.5) is 11.4 Å². The van der Waals surface area contributed by atoms with E-state index in [1.54, 1.807) is 39.2 Å². The zero-order chi connectivity index (χ0) is 33.3. The fourth-order valence-electron chi connectivity index (χ4n) is 7.81. The summed E-state index contributed by atoms with van der Waals surface area (Å²) in [6, 6.07) is 0.0848. The van der Waals surface area contributed by atoms with Crippen molar-refractivity contribution < 1.29 is 39.6 Å². The van der Waals surface area contributed by atoms with Crippen LogP contribution < -0.4 is 16.0 Å². The second-order valence-corrected chi connectivity index (χ2v) is 13.5. The first kappa shape index (κ1) is 32.5. The highest BCUT2D eigenvalue weighted by Gasteiger charge is 2.64. The van der Waals surface area contributed by atoms with E-state index in [4.69, 9.17) is 5.73 Å². The standard InChI is InChI=1S/C32H43N5O8/c1-14(2)13-37-9-7-8-19(37)31(44)34-18-12-20(35(3)4)16-10-15-11-17-24(36(5)6)27(40)23(30(33)43)29(42)32(17,45)28(41)21(15)26(39)22(16)25(18)38/h12,14-15,17,19,24,38-39,42,45H,7-11,13H2,1-6H3,(H2,33,43)(H,34,44)/t15-,17-,19-,24-,32-/m0/s1. The molecule has 3 aliphatic carbocycles. The van der Waals surface area contributed by atoms with Gasteiger partial charge in [-0.2, -0.15) is 0 Å². The van der Waals surface area contributed by atoms with E-state index in [-0.39, 0.29) is 41.6 Å². The number of anilines is 2. The molecule has 13 heteroatoms.